The molecule has 1 heterocycles. The van der Waals surface area contributed by atoms with E-state index in [9.17, 15) is 4.79 Å². The van der Waals surface area contributed by atoms with Crippen molar-refractivity contribution in [2.45, 2.75) is 12.3 Å². The van der Waals surface area contributed by atoms with Gasteiger partial charge < -0.3 is 11.1 Å². The third kappa shape index (κ3) is 1.37. The number of para-hydroxylation sites is 1. The molecular weight excluding hydrogens is 176 g/mol. The monoisotopic (exact) mass is 188 g/mol. The molecule has 72 valence electrons. The molecule has 1 aromatic rings. The van der Waals surface area contributed by atoms with Gasteiger partial charge >= 0.3 is 0 Å². The van der Waals surface area contributed by atoms with E-state index >= 15 is 0 Å². The van der Waals surface area contributed by atoms with Gasteiger partial charge in [0.15, 0.2) is 0 Å². The minimum Gasteiger partial charge on any atom is -0.370 e. The van der Waals surface area contributed by atoms with Crippen LogP contribution in [-0.4, -0.2) is 5.91 Å². The summed E-state index contributed by atoms with van der Waals surface area (Å²) in [5.41, 5.74) is 8.17. The Morgan fingerprint density at radius 3 is 2.93 bits per heavy atom. The molecule has 0 radical (unpaired) electrons. The zero-order valence-corrected chi connectivity index (χ0v) is 7.79. The fourth-order valence-corrected chi connectivity index (χ4v) is 1.80. The van der Waals surface area contributed by atoms with Gasteiger partial charge in [0.05, 0.1) is 0 Å². The summed E-state index contributed by atoms with van der Waals surface area (Å²) in [6.45, 7) is 3.88. The lowest BCUT2D eigenvalue weighted by molar-refractivity contribution is -0.118. The van der Waals surface area contributed by atoms with Gasteiger partial charge in [-0.15, -0.1) is 0 Å². The number of carbonyl (C=O) groups excluding carboxylic acids is 1. The lowest BCUT2D eigenvalue weighted by atomic mass is 9.96. The molecule has 14 heavy (non-hydrogen) atoms. The summed E-state index contributed by atoms with van der Waals surface area (Å²) < 4.78 is 0. The van der Waals surface area contributed by atoms with Gasteiger partial charge in [-0.3, -0.25) is 4.79 Å². The molecular formula is C11H12N2O. The molecule has 3 N–H and O–H groups in total. The van der Waals surface area contributed by atoms with Gasteiger partial charge in [-0.1, -0.05) is 24.8 Å². The quantitative estimate of drug-likeness (QED) is 0.740. The highest BCUT2D eigenvalue weighted by Gasteiger charge is 2.26. The van der Waals surface area contributed by atoms with Crippen LogP contribution in [0.2, 0.25) is 0 Å². The number of benzene rings is 1. The number of hydrogen-bond donors (Lipinski definition) is 2. The maximum atomic E-state index is 10.9. The van der Waals surface area contributed by atoms with Crippen molar-refractivity contribution in [2.75, 3.05) is 5.32 Å². The highest BCUT2D eigenvalue weighted by Crippen LogP contribution is 2.39. The summed E-state index contributed by atoms with van der Waals surface area (Å²) in [7, 11) is 0. The van der Waals surface area contributed by atoms with Crippen molar-refractivity contribution in [3.63, 3.8) is 0 Å². The van der Waals surface area contributed by atoms with Gasteiger partial charge in [-0.25, -0.2) is 0 Å². The highest BCUT2D eigenvalue weighted by molar-refractivity contribution is 5.78. The Morgan fingerprint density at radius 1 is 1.50 bits per heavy atom. The van der Waals surface area contributed by atoms with Crippen molar-refractivity contribution in [2.24, 2.45) is 5.73 Å². The Hall–Kier alpha value is -1.77. The van der Waals surface area contributed by atoms with Gasteiger partial charge in [0.25, 0.3) is 0 Å². The second-order valence-electron chi connectivity index (χ2n) is 3.46. The van der Waals surface area contributed by atoms with Crippen LogP contribution in [0.3, 0.4) is 0 Å². The molecule has 1 aromatic carbocycles. The first-order valence-electron chi connectivity index (χ1n) is 4.51. The molecule has 0 bridgehead atoms. The van der Waals surface area contributed by atoms with Crippen LogP contribution < -0.4 is 11.1 Å². The minimum absolute atomic E-state index is 0.0312. The predicted octanol–water partition coefficient (Wildman–Crippen LogP) is 1.58. The fourth-order valence-electron chi connectivity index (χ4n) is 1.80. The van der Waals surface area contributed by atoms with Crippen LogP contribution in [0.4, 0.5) is 5.69 Å². The van der Waals surface area contributed by atoms with Crippen molar-refractivity contribution in [1.29, 1.82) is 0 Å². The van der Waals surface area contributed by atoms with E-state index in [1.807, 2.05) is 24.3 Å². The largest absolute Gasteiger partial charge is 0.370 e. The molecule has 1 amide bonds. The van der Waals surface area contributed by atoms with Crippen molar-refractivity contribution in [3.05, 3.63) is 42.1 Å². The van der Waals surface area contributed by atoms with E-state index in [1.165, 1.54) is 0 Å². The van der Waals surface area contributed by atoms with E-state index in [2.05, 4.69) is 11.9 Å². The SMILES string of the molecule is C=C1Nc2ccccc2C1CC(N)=O. The maximum Gasteiger partial charge on any atom is 0.218 e. The first-order valence-corrected chi connectivity index (χ1v) is 4.51. The van der Waals surface area contributed by atoms with E-state index in [1.54, 1.807) is 0 Å². The number of amides is 1. The van der Waals surface area contributed by atoms with E-state index in [0.29, 0.717) is 6.42 Å². The van der Waals surface area contributed by atoms with Gasteiger partial charge in [-0.2, -0.15) is 0 Å². The Kier molecular flexibility index (Phi) is 2.00. The summed E-state index contributed by atoms with van der Waals surface area (Å²) in [5, 5.41) is 3.15. The number of nitrogens with one attached hydrogen (secondary N) is 1. The minimum atomic E-state index is -0.297. The Labute approximate surface area is 82.6 Å². The molecule has 0 spiro atoms. The van der Waals surface area contributed by atoms with Crippen LogP contribution in [0.1, 0.15) is 17.9 Å². The number of rotatable bonds is 2. The van der Waals surface area contributed by atoms with Crippen LogP contribution in [0, 0.1) is 0 Å². The average Bonchev–Trinajstić information content (AvgIpc) is 2.43. The van der Waals surface area contributed by atoms with Crippen LogP contribution in [-0.2, 0) is 4.79 Å². The third-order valence-electron chi connectivity index (χ3n) is 2.46. The molecule has 3 nitrogen and oxygen atoms in total. The van der Waals surface area contributed by atoms with Gasteiger partial charge in [0.2, 0.25) is 5.91 Å². The molecule has 1 aliphatic rings. The van der Waals surface area contributed by atoms with Crippen LogP contribution in [0.5, 0.6) is 0 Å². The zero-order valence-electron chi connectivity index (χ0n) is 7.79. The standard InChI is InChI=1S/C11H12N2O/c1-7-9(6-11(12)14)8-4-2-3-5-10(8)13-7/h2-5,9,13H,1,6H2,(H2,12,14). The zero-order chi connectivity index (χ0) is 10.1. The number of primary amides is 1. The molecule has 0 saturated heterocycles. The number of fused-ring (bicyclic) bond motifs is 1. The van der Waals surface area contributed by atoms with E-state index in [-0.39, 0.29) is 11.8 Å². The predicted molar refractivity (Wildman–Crippen MR) is 55.8 cm³/mol. The second-order valence-corrected chi connectivity index (χ2v) is 3.46. The van der Waals surface area contributed by atoms with E-state index in [4.69, 9.17) is 5.73 Å². The molecule has 2 rings (SSSR count). The molecule has 1 aliphatic heterocycles. The smallest absolute Gasteiger partial charge is 0.218 e. The molecule has 1 unspecified atom stereocenters. The Balaban J connectivity index is 2.34. The number of nitrogens with two attached hydrogens (primary N) is 1. The number of anilines is 1. The first kappa shape index (κ1) is 8.81. The van der Waals surface area contributed by atoms with Gasteiger partial charge in [-0.05, 0) is 11.6 Å². The maximum absolute atomic E-state index is 10.9. The van der Waals surface area contributed by atoms with Crippen molar-refractivity contribution >= 4 is 11.6 Å². The summed E-state index contributed by atoms with van der Waals surface area (Å²) in [4.78, 5) is 10.9. The van der Waals surface area contributed by atoms with Crippen molar-refractivity contribution < 1.29 is 4.79 Å². The van der Waals surface area contributed by atoms with Gasteiger partial charge in [0, 0.05) is 23.7 Å². The number of hydrogen-bond acceptors (Lipinski definition) is 2. The number of allylic oxidation sites excluding steroid dienone is 1. The van der Waals surface area contributed by atoms with Crippen LogP contribution in [0.15, 0.2) is 36.5 Å². The lowest BCUT2D eigenvalue weighted by Gasteiger charge is -2.08. The third-order valence-corrected chi connectivity index (χ3v) is 2.46. The number of carbonyl (C=O) groups is 1. The van der Waals surface area contributed by atoms with Crippen LogP contribution in [0.25, 0.3) is 0 Å². The molecule has 1 atom stereocenters. The molecule has 0 fully saturated rings. The topological polar surface area (TPSA) is 55.1 Å². The van der Waals surface area contributed by atoms with Crippen LogP contribution >= 0.6 is 0 Å². The summed E-state index contributed by atoms with van der Waals surface area (Å²) >= 11 is 0. The summed E-state index contributed by atoms with van der Waals surface area (Å²) in [6, 6.07) is 7.87. The van der Waals surface area contributed by atoms with Gasteiger partial charge in [0.1, 0.15) is 0 Å². The summed E-state index contributed by atoms with van der Waals surface area (Å²) in [5.74, 6) is -0.265. The fraction of sp³-hybridized carbons (Fsp3) is 0.182. The van der Waals surface area contributed by atoms with E-state index < -0.39 is 0 Å². The van der Waals surface area contributed by atoms with Crippen molar-refractivity contribution in [3.8, 4) is 0 Å². The molecule has 3 heteroatoms. The van der Waals surface area contributed by atoms with Crippen molar-refractivity contribution in [1.82, 2.24) is 0 Å². The molecule has 0 aromatic heterocycles. The first-order chi connectivity index (χ1) is 6.68. The highest BCUT2D eigenvalue weighted by atomic mass is 16.1. The summed E-state index contributed by atoms with van der Waals surface area (Å²) in [6.07, 6.45) is 0.322. The molecule has 0 aliphatic carbocycles. The lowest BCUT2D eigenvalue weighted by Crippen LogP contribution is -2.15. The molecule has 0 saturated carbocycles. The normalized spacial score (nSPS) is 18.9. The average molecular weight is 188 g/mol. The van der Waals surface area contributed by atoms with E-state index in [0.717, 1.165) is 16.9 Å². The second kappa shape index (κ2) is 3.18. The Bertz CT molecular complexity index is 398. The Morgan fingerprint density at radius 2 is 2.21 bits per heavy atom.